The largest absolute Gasteiger partial charge is 0.298 e. The summed E-state index contributed by atoms with van der Waals surface area (Å²) in [5.41, 5.74) is 4.59. The van der Waals surface area contributed by atoms with Crippen LogP contribution >= 0.6 is 27.3 Å². The van der Waals surface area contributed by atoms with Crippen LogP contribution in [0.15, 0.2) is 34.8 Å². The summed E-state index contributed by atoms with van der Waals surface area (Å²) in [5.74, 6) is 4.94. The number of hydrazine groups is 1. The highest BCUT2D eigenvalue weighted by molar-refractivity contribution is 9.10. The minimum absolute atomic E-state index is 0.232. The molecule has 1 aromatic carbocycles. The van der Waals surface area contributed by atoms with Crippen LogP contribution < -0.4 is 11.3 Å². The Hall–Kier alpha value is -1.21. The normalized spacial score (nSPS) is 10.9. The fraction of sp³-hybridized carbons (Fsp3) is 0.267. The Morgan fingerprint density at radius 1 is 1.38 bits per heavy atom. The first-order valence-electron chi connectivity index (χ1n) is 6.53. The molecule has 2 rings (SSSR count). The highest BCUT2D eigenvalue weighted by Gasteiger charge is 2.12. The number of nitrogens with one attached hydrogen (secondary N) is 1. The molecule has 112 valence electrons. The second-order valence-electron chi connectivity index (χ2n) is 4.97. The number of hydrogen-bond donors (Lipinski definition) is 2. The molecule has 1 amide bonds. The third kappa shape index (κ3) is 4.38. The zero-order valence-corrected chi connectivity index (χ0v) is 14.4. The highest BCUT2D eigenvalue weighted by atomic mass is 79.9. The smallest absolute Gasteiger partial charge is 0.275 e. The molecule has 0 spiro atoms. The van der Waals surface area contributed by atoms with Gasteiger partial charge in [0.05, 0.1) is 4.88 Å². The topological polar surface area (TPSA) is 58.4 Å². The van der Waals surface area contributed by atoms with Crippen molar-refractivity contribution >= 4 is 33.2 Å². The second kappa shape index (κ2) is 7.17. The van der Waals surface area contributed by atoms with Crippen molar-refractivity contribution < 1.29 is 4.79 Å². The zero-order valence-electron chi connectivity index (χ0n) is 12.0. The van der Waals surface area contributed by atoms with E-state index in [0.717, 1.165) is 28.0 Å². The molecule has 1 heterocycles. The molecule has 3 N–H and O–H groups in total. The van der Waals surface area contributed by atoms with Gasteiger partial charge in [-0.05, 0) is 43.3 Å². The molecule has 2 aromatic rings. The number of carbonyl (C=O) groups is 1. The Morgan fingerprint density at radius 3 is 2.81 bits per heavy atom. The van der Waals surface area contributed by atoms with E-state index < -0.39 is 0 Å². The lowest BCUT2D eigenvalue weighted by atomic mass is 10.2. The van der Waals surface area contributed by atoms with Crippen LogP contribution in [0.5, 0.6) is 0 Å². The molecule has 0 radical (unpaired) electrons. The number of thiophene rings is 1. The van der Waals surface area contributed by atoms with Crippen LogP contribution in [0, 0.1) is 6.92 Å². The lowest BCUT2D eigenvalue weighted by Gasteiger charge is -2.16. The number of nitrogen functional groups attached to an aromatic ring is 1. The lowest BCUT2D eigenvalue weighted by Crippen LogP contribution is -2.29. The molecular formula is C15H18BrN3OS. The summed E-state index contributed by atoms with van der Waals surface area (Å²) in [6.45, 7) is 3.68. The van der Waals surface area contributed by atoms with Crippen molar-refractivity contribution in [2.45, 2.75) is 20.0 Å². The van der Waals surface area contributed by atoms with Crippen molar-refractivity contribution in [3.8, 4) is 0 Å². The lowest BCUT2D eigenvalue weighted by molar-refractivity contribution is 0.0957. The van der Waals surface area contributed by atoms with Crippen LogP contribution in [0.3, 0.4) is 0 Å². The van der Waals surface area contributed by atoms with Gasteiger partial charge in [-0.25, -0.2) is 5.84 Å². The maximum Gasteiger partial charge on any atom is 0.275 e. The summed E-state index contributed by atoms with van der Waals surface area (Å²) in [5, 5.41) is 0. The molecule has 4 nitrogen and oxygen atoms in total. The van der Waals surface area contributed by atoms with Crippen molar-refractivity contribution in [3.63, 3.8) is 0 Å². The number of halogens is 1. The van der Waals surface area contributed by atoms with Gasteiger partial charge < -0.3 is 0 Å². The third-order valence-electron chi connectivity index (χ3n) is 3.16. The number of nitrogens with zero attached hydrogens (tertiary/aromatic N) is 1. The summed E-state index contributed by atoms with van der Waals surface area (Å²) >= 11 is 4.96. The Balaban J connectivity index is 2.04. The molecule has 0 saturated carbocycles. The first kappa shape index (κ1) is 16.2. The van der Waals surface area contributed by atoms with Crippen molar-refractivity contribution in [1.29, 1.82) is 0 Å². The van der Waals surface area contributed by atoms with E-state index in [1.54, 1.807) is 0 Å². The predicted molar refractivity (Wildman–Crippen MR) is 90.0 cm³/mol. The quantitative estimate of drug-likeness (QED) is 0.485. The molecule has 21 heavy (non-hydrogen) atoms. The van der Waals surface area contributed by atoms with Crippen LogP contribution in [-0.4, -0.2) is 17.9 Å². The van der Waals surface area contributed by atoms with Gasteiger partial charge in [-0.3, -0.25) is 15.1 Å². The number of rotatable bonds is 5. The van der Waals surface area contributed by atoms with Crippen molar-refractivity contribution in [2.75, 3.05) is 7.05 Å². The molecule has 1 aromatic heterocycles. The second-order valence-corrected chi connectivity index (χ2v) is 7.14. The third-order valence-corrected chi connectivity index (χ3v) is 4.74. The number of carbonyl (C=O) groups excluding carboxylic acids is 1. The molecule has 0 aliphatic heterocycles. The molecule has 0 unspecified atom stereocenters. The average molecular weight is 368 g/mol. The first-order chi connectivity index (χ1) is 9.99. The molecule has 0 atom stereocenters. The molecule has 6 heteroatoms. The van der Waals surface area contributed by atoms with E-state index in [4.69, 9.17) is 5.84 Å². The van der Waals surface area contributed by atoms with Gasteiger partial charge in [-0.15, -0.1) is 11.3 Å². The SMILES string of the molecule is Cc1sc(C(=O)NN)cc1CN(C)Cc1cccc(Br)c1. The van der Waals surface area contributed by atoms with Crippen LogP contribution in [0.2, 0.25) is 0 Å². The van der Waals surface area contributed by atoms with Gasteiger partial charge in [-0.2, -0.15) is 0 Å². The van der Waals surface area contributed by atoms with E-state index >= 15 is 0 Å². The molecule has 0 fully saturated rings. The molecular weight excluding hydrogens is 350 g/mol. The average Bonchev–Trinajstić information content (AvgIpc) is 2.79. The van der Waals surface area contributed by atoms with Gasteiger partial charge >= 0.3 is 0 Å². The Labute approximate surface area is 137 Å². The van der Waals surface area contributed by atoms with Gasteiger partial charge in [0.2, 0.25) is 0 Å². The van der Waals surface area contributed by atoms with E-state index in [1.165, 1.54) is 16.9 Å². The Morgan fingerprint density at radius 2 is 2.14 bits per heavy atom. The van der Waals surface area contributed by atoms with Crippen LogP contribution in [0.4, 0.5) is 0 Å². The zero-order chi connectivity index (χ0) is 15.4. The number of aryl methyl sites for hydroxylation is 1. The van der Waals surface area contributed by atoms with E-state index in [2.05, 4.69) is 45.4 Å². The maximum atomic E-state index is 11.5. The van der Waals surface area contributed by atoms with Gasteiger partial charge in [0.1, 0.15) is 0 Å². The van der Waals surface area contributed by atoms with Crippen molar-refractivity contribution in [2.24, 2.45) is 5.84 Å². The molecule has 0 aliphatic rings. The van der Waals surface area contributed by atoms with Crippen LogP contribution in [-0.2, 0) is 13.1 Å². The number of nitrogens with two attached hydrogens (primary N) is 1. The minimum Gasteiger partial charge on any atom is -0.298 e. The number of benzene rings is 1. The molecule has 0 bridgehead atoms. The van der Waals surface area contributed by atoms with E-state index in [-0.39, 0.29) is 5.91 Å². The predicted octanol–water partition coefficient (Wildman–Crippen LogP) is 3.05. The van der Waals surface area contributed by atoms with Gasteiger partial charge in [0.15, 0.2) is 0 Å². The maximum absolute atomic E-state index is 11.5. The Bertz CT molecular complexity index is 642. The van der Waals surface area contributed by atoms with Gasteiger partial charge in [0, 0.05) is 22.4 Å². The monoisotopic (exact) mass is 367 g/mol. The van der Waals surface area contributed by atoms with Crippen molar-refractivity contribution in [3.05, 3.63) is 55.7 Å². The minimum atomic E-state index is -0.232. The highest BCUT2D eigenvalue weighted by Crippen LogP contribution is 2.23. The Kier molecular flexibility index (Phi) is 5.52. The summed E-state index contributed by atoms with van der Waals surface area (Å²) < 4.78 is 1.09. The fourth-order valence-electron chi connectivity index (χ4n) is 2.15. The summed E-state index contributed by atoms with van der Waals surface area (Å²) in [6, 6.07) is 10.2. The fourth-order valence-corrected chi connectivity index (χ4v) is 3.54. The van der Waals surface area contributed by atoms with E-state index in [9.17, 15) is 4.79 Å². The van der Waals surface area contributed by atoms with Crippen LogP contribution in [0.25, 0.3) is 0 Å². The number of hydrogen-bond acceptors (Lipinski definition) is 4. The molecule has 0 saturated heterocycles. The summed E-state index contributed by atoms with van der Waals surface area (Å²) in [4.78, 5) is 15.6. The van der Waals surface area contributed by atoms with Crippen LogP contribution in [0.1, 0.15) is 25.7 Å². The summed E-state index contributed by atoms with van der Waals surface area (Å²) in [7, 11) is 2.07. The van der Waals surface area contributed by atoms with E-state index in [1.807, 2.05) is 25.1 Å². The van der Waals surface area contributed by atoms with E-state index in [0.29, 0.717) is 4.88 Å². The van der Waals surface area contributed by atoms with Crippen molar-refractivity contribution in [1.82, 2.24) is 10.3 Å². The molecule has 0 aliphatic carbocycles. The number of amides is 1. The van der Waals surface area contributed by atoms with Gasteiger partial charge in [-0.1, -0.05) is 28.1 Å². The van der Waals surface area contributed by atoms with Gasteiger partial charge in [0.25, 0.3) is 5.91 Å². The first-order valence-corrected chi connectivity index (χ1v) is 8.14. The summed E-state index contributed by atoms with van der Waals surface area (Å²) in [6.07, 6.45) is 0. The standard InChI is InChI=1S/C15H18BrN3OS/c1-10-12(7-14(21-10)15(20)18-17)9-19(2)8-11-4-3-5-13(16)6-11/h3-7H,8-9,17H2,1-2H3,(H,18,20).